The molecule has 5 rings (SSSR count). The van der Waals surface area contributed by atoms with Crippen molar-refractivity contribution in [2.45, 2.75) is 42.0 Å². The number of nitrogens with two attached hydrogens (primary N) is 1. The molecule has 0 amide bonds. The summed E-state index contributed by atoms with van der Waals surface area (Å²) in [5, 5.41) is 39.0. The van der Waals surface area contributed by atoms with E-state index in [1.807, 2.05) is 0 Å². The number of hydrogen-bond donors (Lipinski definition) is 5. The van der Waals surface area contributed by atoms with Gasteiger partial charge in [0.05, 0.1) is 18.5 Å². The molecule has 2 fully saturated rings. The number of ether oxygens (including phenoxy) is 2. The Hall–Kier alpha value is -3.92. The maximum atomic E-state index is 15.8. The summed E-state index contributed by atoms with van der Waals surface area (Å²) in [5.41, 5.74) is 0.965. The summed E-state index contributed by atoms with van der Waals surface area (Å²) in [5.74, 6) is -4.95. The third-order valence-corrected chi connectivity index (χ3v) is 6.92. The van der Waals surface area contributed by atoms with E-state index in [1.54, 1.807) is 0 Å². The second-order valence-electron chi connectivity index (χ2n) is 8.94. The molecule has 2 aromatic heterocycles. The first-order valence-corrected chi connectivity index (χ1v) is 11.4. The fraction of sp³-hybridized carbons (Fsp3) is 0.364. The standard InChI is InChI=1S/C22H19ClFN5O9/c23-20-27-15(25)11-16(28-20)29(7-26-11)12-14-22(12,24)13(30)10(38-14)6-37-21(18(33)34,19(35)36)5-8-1-3-9(4-2-8)17(31)32/h1-4,7,10,12-14,30H,5-6H2,(H,31,32)(H,33,34)(H,35,36)(H2,25,27,28)/t10-,12?,13-,14+,22-/m1/s1. The van der Waals surface area contributed by atoms with Gasteiger partial charge in [-0.2, -0.15) is 9.97 Å². The molecule has 1 aliphatic carbocycles. The van der Waals surface area contributed by atoms with E-state index in [-0.39, 0.29) is 33.4 Å². The Balaban J connectivity index is 1.33. The molecule has 1 saturated heterocycles. The first kappa shape index (κ1) is 25.7. The van der Waals surface area contributed by atoms with Gasteiger partial charge in [0, 0.05) is 6.42 Å². The molecule has 16 heteroatoms. The Morgan fingerprint density at radius 1 is 1.18 bits per heavy atom. The highest BCUT2D eigenvalue weighted by molar-refractivity contribution is 6.28. The van der Waals surface area contributed by atoms with Crippen LogP contribution in [-0.4, -0.2) is 94.0 Å². The predicted octanol–water partition coefficient (Wildman–Crippen LogP) is 0.319. The van der Waals surface area contributed by atoms with Crippen LogP contribution in [0.4, 0.5) is 10.2 Å². The number of alkyl halides is 1. The van der Waals surface area contributed by atoms with Crippen LogP contribution in [0.1, 0.15) is 22.0 Å². The number of aliphatic hydroxyl groups is 1. The number of aromatic carboxylic acids is 1. The predicted molar refractivity (Wildman–Crippen MR) is 123 cm³/mol. The minimum atomic E-state index is -2.82. The van der Waals surface area contributed by atoms with Crippen LogP contribution in [0.3, 0.4) is 0 Å². The average molecular weight is 552 g/mol. The molecule has 1 unspecified atom stereocenters. The van der Waals surface area contributed by atoms with Crippen molar-refractivity contribution >= 4 is 46.5 Å². The van der Waals surface area contributed by atoms with E-state index in [9.17, 15) is 29.7 Å². The number of nitrogen functional groups attached to an aromatic ring is 1. The maximum absolute atomic E-state index is 15.8. The van der Waals surface area contributed by atoms with Crippen LogP contribution in [0, 0.1) is 0 Å². The lowest BCUT2D eigenvalue weighted by atomic mass is 9.93. The van der Waals surface area contributed by atoms with E-state index < -0.39 is 66.6 Å². The third kappa shape index (κ3) is 3.82. The molecule has 0 bridgehead atoms. The minimum Gasteiger partial charge on any atom is -0.479 e. The zero-order valence-electron chi connectivity index (χ0n) is 19.1. The van der Waals surface area contributed by atoms with Crippen LogP contribution in [0.5, 0.6) is 0 Å². The quantitative estimate of drug-likeness (QED) is 0.179. The summed E-state index contributed by atoms with van der Waals surface area (Å²) in [6.45, 7) is -0.770. The Bertz CT molecular complexity index is 1450. The van der Waals surface area contributed by atoms with E-state index >= 15 is 4.39 Å². The normalized spacial score (nSPS) is 26.3. The molecule has 1 aromatic carbocycles. The molecule has 0 radical (unpaired) electrons. The summed E-state index contributed by atoms with van der Waals surface area (Å²) in [6.07, 6.45) is -3.86. The number of benzene rings is 1. The molecular weight excluding hydrogens is 533 g/mol. The van der Waals surface area contributed by atoms with Crippen molar-refractivity contribution in [3.05, 3.63) is 47.0 Å². The van der Waals surface area contributed by atoms with Crippen LogP contribution in [0.15, 0.2) is 30.6 Å². The zero-order valence-corrected chi connectivity index (χ0v) is 19.8. The second-order valence-corrected chi connectivity index (χ2v) is 9.28. The average Bonchev–Trinajstić information content (AvgIpc) is 3.09. The number of hydrogen-bond acceptors (Lipinski definition) is 10. The largest absolute Gasteiger partial charge is 0.479 e. The lowest BCUT2D eigenvalue weighted by Crippen LogP contribution is -2.53. The number of aliphatic carboxylic acids is 2. The molecule has 6 N–H and O–H groups in total. The molecule has 14 nitrogen and oxygen atoms in total. The molecule has 200 valence electrons. The van der Waals surface area contributed by atoms with E-state index in [4.69, 9.17) is 31.9 Å². The Labute approximate surface area is 216 Å². The summed E-state index contributed by atoms with van der Waals surface area (Å²) in [7, 11) is 0. The number of halogens is 2. The van der Waals surface area contributed by atoms with Crippen LogP contribution in [-0.2, 0) is 25.5 Å². The van der Waals surface area contributed by atoms with Gasteiger partial charge in [-0.05, 0) is 29.3 Å². The van der Waals surface area contributed by atoms with Crippen molar-refractivity contribution in [1.82, 2.24) is 19.5 Å². The molecule has 3 aromatic rings. The number of carboxylic acids is 3. The lowest BCUT2D eigenvalue weighted by molar-refractivity contribution is -0.190. The number of nitrogens with zero attached hydrogens (tertiary/aromatic N) is 4. The molecule has 5 atom stereocenters. The van der Waals surface area contributed by atoms with Gasteiger partial charge in [-0.25, -0.2) is 23.8 Å². The summed E-state index contributed by atoms with van der Waals surface area (Å²) in [4.78, 5) is 46.9. The smallest absolute Gasteiger partial charge is 0.348 e. The zero-order chi connectivity index (χ0) is 27.6. The van der Waals surface area contributed by atoms with Crippen LogP contribution >= 0.6 is 11.6 Å². The van der Waals surface area contributed by atoms with Crippen LogP contribution < -0.4 is 5.73 Å². The topological polar surface area (TPSA) is 220 Å². The SMILES string of the molecule is Nc1nc(Cl)nc2c1ncn2C1[C@@H]2O[C@H](COC(Cc3ccc(C(=O)O)cc3)(C(=O)O)C(=O)O)[C@@H](O)[C@]12F. The number of carbonyl (C=O) groups is 3. The van der Waals surface area contributed by atoms with Gasteiger partial charge in [0.15, 0.2) is 17.1 Å². The summed E-state index contributed by atoms with van der Waals surface area (Å²) >= 11 is 5.84. The molecule has 38 heavy (non-hydrogen) atoms. The highest BCUT2D eigenvalue weighted by atomic mass is 35.5. The number of fused-ring (bicyclic) bond motifs is 2. The van der Waals surface area contributed by atoms with Crippen molar-refractivity contribution < 1.29 is 48.7 Å². The number of anilines is 1. The van der Waals surface area contributed by atoms with Crippen LogP contribution in [0.25, 0.3) is 11.2 Å². The van der Waals surface area contributed by atoms with E-state index in [0.29, 0.717) is 0 Å². The van der Waals surface area contributed by atoms with Gasteiger partial charge in [-0.15, -0.1) is 0 Å². The van der Waals surface area contributed by atoms with Crippen molar-refractivity contribution in [3.8, 4) is 0 Å². The highest BCUT2D eigenvalue weighted by Crippen LogP contribution is 2.62. The fourth-order valence-corrected chi connectivity index (χ4v) is 4.87. The number of imidazole rings is 1. The fourth-order valence-electron chi connectivity index (χ4n) is 4.70. The minimum absolute atomic E-state index is 0.0264. The third-order valence-electron chi connectivity index (χ3n) is 6.75. The van der Waals surface area contributed by atoms with Gasteiger partial charge in [0.25, 0.3) is 5.60 Å². The number of aromatic nitrogens is 4. The summed E-state index contributed by atoms with van der Waals surface area (Å²) < 4.78 is 28.0. The van der Waals surface area contributed by atoms with E-state index in [2.05, 4.69) is 15.0 Å². The van der Waals surface area contributed by atoms with E-state index in [1.165, 1.54) is 35.2 Å². The molecule has 1 aliphatic heterocycles. The first-order valence-electron chi connectivity index (χ1n) is 11.0. The van der Waals surface area contributed by atoms with Crippen LogP contribution in [0.2, 0.25) is 5.28 Å². The molecular formula is C22H19ClFN5O9. The Morgan fingerprint density at radius 3 is 2.39 bits per heavy atom. The Kier molecular flexibility index (Phi) is 5.98. The van der Waals surface area contributed by atoms with E-state index in [0.717, 1.165) is 0 Å². The van der Waals surface area contributed by atoms with Gasteiger partial charge in [0.2, 0.25) is 5.28 Å². The van der Waals surface area contributed by atoms with Crippen molar-refractivity contribution in [2.24, 2.45) is 0 Å². The monoisotopic (exact) mass is 551 g/mol. The number of aliphatic hydroxyl groups excluding tert-OH is 1. The lowest BCUT2D eigenvalue weighted by Gasteiger charge is -2.29. The van der Waals surface area contributed by atoms with Gasteiger partial charge in [-0.3, -0.25) is 0 Å². The highest BCUT2D eigenvalue weighted by Gasteiger charge is 2.79. The number of carboxylic acid groups (broad SMARTS) is 3. The van der Waals surface area contributed by atoms with Gasteiger partial charge in [-0.1, -0.05) is 12.1 Å². The molecule has 2 aliphatic rings. The Morgan fingerprint density at radius 2 is 1.84 bits per heavy atom. The van der Waals surface area contributed by atoms with Gasteiger partial charge >= 0.3 is 17.9 Å². The van der Waals surface area contributed by atoms with Crippen molar-refractivity contribution in [2.75, 3.05) is 12.3 Å². The molecule has 3 heterocycles. The second kappa shape index (κ2) is 8.83. The van der Waals surface area contributed by atoms with Crippen molar-refractivity contribution in [3.63, 3.8) is 0 Å². The summed E-state index contributed by atoms with van der Waals surface area (Å²) in [6, 6.07) is 3.80. The van der Waals surface area contributed by atoms with Gasteiger partial charge < -0.3 is 40.2 Å². The molecule has 0 spiro atoms. The maximum Gasteiger partial charge on any atom is 0.348 e. The van der Waals surface area contributed by atoms with Crippen molar-refractivity contribution in [1.29, 1.82) is 0 Å². The van der Waals surface area contributed by atoms with Gasteiger partial charge in [0.1, 0.15) is 29.9 Å². The molecule has 1 saturated carbocycles. The number of rotatable bonds is 9. The first-order chi connectivity index (χ1) is 17.9.